The van der Waals surface area contributed by atoms with Crippen molar-refractivity contribution in [2.75, 3.05) is 5.32 Å². The fourth-order valence-corrected chi connectivity index (χ4v) is 6.02. The molecule has 7 heteroatoms. The van der Waals surface area contributed by atoms with Crippen molar-refractivity contribution in [3.05, 3.63) is 44.1 Å². The van der Waals surface area contributed by atoms with Crippen LogP contribution < -0.4 is 11.1 Å². The van der Waals surface area contributed by atoms with Crippen LogP contribution in [-0.2, 0) is 6.54 Å². The molecule has 0 radical (unpaired) electrons. The highest BCUT2D eigenvalue weighted by Crippen LogP contribution is 2.44. The first kappa shape index (κ1) is 18.2. The van der Waals surface area contributed by atoms with Gasteiger partial charge in [0.2, 0.25) is 0 Å². The standard InChI is InChI=1S/C19H22ClN3OS2/c1-10-17-19(26-18(10)12-5-2-6-14(24)16(12)21)13(8-15(20)23-17)22-9-11-4-3-7-25-11/h3-4,7-8,12,14,16,24H,2,5-6,9,21H2,1H3,(H,22,23)/t12-,14-,16+/m0/s1. The van der Waals surface area contributed by atoms with E-state index in [1.807, 2.05) is 6.07 Å². The van der Waals surface area contributed by atoms with Gasteiger partial charge in [-0.05, 0) is 36.8 Å². The molecule has 0 amide bonds. The van der Waals surface area contributed by atoms with Crippen molar-refractivity contribution in [1.29, 1.82) is 0 Å². The minimum Gasteiger partial charge on any atom is -0.391 e. The first-order chi connectivity index (χ1) is 12.5. The van der Waals surface area contributed by atoms with E-state index in [2.05, 4.69) is 34.7 Å². The van der Waals surface area contributed by atoms with Crippen LogP contribution in [0.15, 0.2) is 23.6 Å². The Balaban J connectivity index is 1.72. The molecule has 4 rings (SSSR count). The Morgan fingerprint density at radius 3 is 3.04 bits per heavy atom. The molecule has 0 aliphatic heterocycles. The minimum atomic E-state index is -0.425. The number of anilines is 1. The van der Waals surface area contributed by atoms with Gasteiger partial charge in [-0.25, -0.2) is 4.98 Å². The van der Waals surface area contributed by atoms with E-state index in [9.17, 15) is 5.11 Å². The third-order valence-electron chi connectivity index (χ3n) is 5.17. The molecule has 3 atom stereocenters. The van der Waals surface area contributed by atoms with E-state index in [1.165, 1.54) is 9.75 Å². The summed E-state index contributed by atoms with van der Waals surface area (Å²) in [4.78, 5) is 7.09. The number of pyridine rings is 1. The number of nitrogens with two attached hydrogens (primary N) is 1. The number of nitrogens with zero attached hydrogens (tertiary/aromatic N) is 1. The highest BCUT2D eigenvalue weighted by atomic mass is 35.5. The second-order valence-corrected chi connectivity index (χ2v) is 9.35. The summed E-state index contributed by atoms with van der Waals surface area (Å²) in [6, 6.07) is 5.85. The van der Waals surface area contributed by atoms with Gasteiger partial charge >= 0.3 is 0 Å². The van der Waals surface area contributed by atoms with Gasteiger partial charge in [0.05, 0.1) is 22.0 Å². The van der Waals surface area contributed by atoms with Crippen molar-refractivity contribution >= 4 is 50.2 Å². The summed E-state index contributed by atoms with van der Waals surface area (Å²) in [7, 11) is 0. The fraction of sp³-hybridized carbons (Fsp3) is 0.421. The van der Waals surface area contributed by atoms with Crippen LogP contribution in [0.3, 0.4) is 0 Å². The van der Waals surface area contributed by atoms with Crippen molar-refractivity contribution < 1.29 is 5.11 Å². The summed E-state index contributed by atoms with van der Waals surface area (Å²) in [5.74, 6) is 0.182. The monoisotopic (exact) mass is 407 g/mol. The largest absolute Gasteiger partial charge is 0.391 e. The molecule has 0 saturated heterocycles. The number of nitrogens with one attached hydrogen (secondary N) is 1. The van der Waals surface area contributed by atoms with E-state index in [0.717, 1.165) is 47.3 Å². The van der Waals surface area contributed by atoms with Gasteiger partial charge in [-0.3, -0.25) is 0 Å². The molecule has 1 fully saturated rings. The van der Waals surface area contributed by atoms with Crippen LogP contribution in [0.4, 0.5) is 5.69 Å². The third kappa shape index (κ3) is 3.37. The predicted octanol–water partition coefficient (Wildman–Crippen LogP) is 4.89. The minimum absolute atomic E-state index is 0.182. The lowest BCUT2D eigenvalue weighted by molar-refractivity contribution is 0.0969. The maximum absolute atomic E-state index is 10.2. The van der Waals surface area contributed by atoms with E-state index in [-0.39, 0.29) is 12.0 Å². The molecule has 0 aromatic carbocycles. The third-order valence-corrected chi connectivity index (χ3v) is 7.69. The lowest BCUT2D eigenvalue weighted by Crippen LogP contribution is -2.42. The molecule has 0 bridgehead atoms. The van der Waals surface area contributed by atoms with Crippen LogP contribution in [0, 0.1) is 6.92 Å². The van der Waals surface area contributed by atoms with Crippen LogP contribution in [0.5, 0.6) is 0 Å². The number of aliphatic hydroxyl groups excluding tert-OH is 1. The highest BCUT2D eigenvalue weighted by molar-refractivity contribution is 7.20. The normalized spacial score (nSPS) is 23.5. The van der Waals surface area contributed by atoms with Gasteiger partial charge in [0.1, 0.15) is 5.15 Å². The molecule has 3 aromatic heterocycles. The molecule has 138 valence electrons. The average molecular weight is 408 g/mol. The summed E-state index contributed by atoms with van der Waals surface area (Å²) in [5.41, 5.74) is 9.43. The van der Waals surface area contributed by atoms with Crippen LogP contribution in [0.1, 0.15) is 40.5 Å². The molecule has 1 saturated carbocycles. The van der Waals surface area contributed by atoms with Crippen molar-refractivity contribution in [1.82, 2.24) is 4.98 Å². The smallest absolute Gasteiger partial charge is 0.131 e. The zero-order valence-electron chi connectivity index (χ0n) is 14.5. The van der Waals surface area contributed by atoms with Gasteiger partial charge in [0.25, 0.3) is 0 Å². The molecular formula is C19H22ClN3OS2. The Kier molecular flexibility index (Phi) is 5.21. The molecule has 26 heavy (non-hydrogen) atoms. The quantitative estimate of drug-likeness (QED) is 0.538. The molecule has 0 unspecified atom stereocenters. The van der Waals surface area contributed by atoms with Gasteiger partial charge < -0.3 is 16.2 Å². The van der Waals surface area contributed by atoms with Crippen LogP contribution in [-0.4, -0.2) is 22.2 Å². The predicted molar refractivity (Wildman–Crippen MR) is 112 cm³/mol. The van der Waals surface area contributed by atoms with Gasteiger partial charge in [0.15, 0.2) is 0 Å². The maximum Gasteiger partial charge on any atom is 0.131 e. The van der Waals surface area contributed by atoms with Crippen molar-refractivity contribution in [2.45, 2.75) is 50.8 Å². The van der Waals surface area contributed by atoms with E-state index in [0.29, 0.717) is 5.15 Å². The first-order valence-electron chi connectivity index (χ1n) is 8.84. The second-order valence-electron chi connectivity index (χ2n) is 6.88. The van der Waals surface area contributed by atoms with Crippen molar-refractivity contribution in [2.24, 2.45) is 5.73 Å². The Bertz CT molecular complexity index is 909. The molecule has 3 aromatic rings. The summed E-state index contributed by atoms with van der Waals surface area (Å²) >= 11 is 9.76. The topological polar surface area (TPSA) is 71.2 Å². The molecule has 4 nitrogen and oxygen atoms in total. The van der Waals surface area contributed by atoms with Crippen LogP contribution in [0.2, 0.25) is 5.15 Å². The molecular weight excluding hydrogens is 386 g/mol. The number of thiophene rings is 2. The number of rotatable bonds is 4. The Morgan fingerprint density at radius 1 is 1.42 bits per heavy atom. The van der Waals surface area contributed by atoms with Gasteiger partial charge in [-0.1, -0.05) is 24.1 Å². The maximum atomic E-state index is 10.2. The SMILES string of the molecule is Cc1c([C@H]2CCC[C@H](O)[C@@H]2N)sc2c(NCc3cccs3)cc(Cl)nc12. The average Bonchev–Trinajstić information content (AvgIpc) is 3.24. The van der Waals surface area contributed by atoms with Gasteiger partial charge in [-0.2, -0.15) is 0 Å². The van der Waals surface area contributed by atoms with Crippen LogP contribution >= 0.6 is 34.3 Å². The van der Waals surface area contributed by atoms with E-state index >= 15 is 0 Å². The summed E-state index contributed by atoms with van der Waals surface area (Å²) in [6.07, 6.45) is 2.38. The molecule has 1 aliphatic carbocycles. The summed E-state index contributed by atoms with van der Waals surface area (Å²) < 4.78 is 1.12. The Morgan fingerprint density at radius 2 is 2.27 bits per heavy atom. The van der Waals surface area contributed by atoms with Crippen molar-refractivity contribution in [3.8, 4) is 0 Å². The summed E-state index contributed by atoms with van der Waals surface area (Å²) in [6.45, 7) is 2.86. The second kappa shape index (κ2) is 7.44. The Hall–Kier alpha value is -1.18. The van der Waals surface area contributed by atoms with E-state index in [4.69, 9.17) is 17.3 Å². The lowest BCUT2D eigenvalue weighted by Gasteiger charge is -2.32. The van der Waals surface area contributed by atoms with E-state index in [1.54, 1.807) is 22.7 Å². The first-order valence-corrected chi connectivity index (χ1v) is 10.9. The number of halogens is 1. The summed E-state index contributed by atoms with van der Waals surface area (Å²) in [5, 5.41) is 16.3. The number of aromatic nitrogens is 1. The van der Waals surface area contributed by atoms with Crippen LogP contribution in [0.25, 0.3) is 10.2 Å². The zero-order chi connectivity index (χ0) is 18.3. The lowest BCUT2D eigenvalue weighted by atomic mass is 9.81. The number of aryl methyl sites for hydroxylation is 1. The molecule has 1 aliphatic rings. The number of hydrogen-bond acceptors (Lipinski definition) is 6. The van der Waals surface area contributed by atoms with E-state index < -0.39 is 6.10 Å². The molecule has 3 heterocycles. The van der Waals surface area contributed by atoms with Gasteiger partial charge in [0, 0.05) is 34.3 Å². The molecule has 4 N–H and O–H groups in total. The highest BCUT2D eigenvalue weighted by Gasteiger charge is 2.33. The number of hydrogen-bond donors (Lipinski definition) is 3. The number of aliphatic hydroxyl groups is 1. The number of fused-ring (bicyclic) bond motifs is 1. The molecule has 0 spiro atoms. The van der Waals surface area contributed by atoms with Gasteiger partial charge in [-0.15, -0.1) is 22.7 Å². The Labute approximate surface area is 166 Å². The zero-order valence-corrected chi connectivity index (χ0v) is 16.9. The fourth-order valence-electron chi connectivity index (χ4n) is 3.75. The van der Waals surface area contributed by atoms with Crippen molar-refractivity contribution in [3.63, 3.8) is 0 Å².